The zero-order valence-corrected chi connectivity index (χ0v) is 11.8. The highest BCUT2D eigenvalue weighted by atomic mass is 16.5. The molecule has 1 heterocycles. The average Bonchev–Trinajstić information content (AvgIpc) is 2.32. The molecule has 0 bridgehead atoms. The predicted octanol–water partition coefficient (Wildman–Crippen LogP) is 3.21. The second-order valence-electron chi connectivity index (χ2n) is 5.46. The molecule has 0 saturated heterocycles. The molecule has 0 aliphatic rings. The molecule has 1 aromatic carbocycles. The van der Waals surface area contributed by atoms with Gasteiger partial charge in [0.05, 0.1) is 17.1 Å². The largest absolute Gasteiger partial charge is 0.488 e. The van der Waals surface area contributed by atoms with Gasteiger partial charge < -0.3 is 10.5 Å². The summed E-state index contributed by atoms with van der Waals surface area (Å²) in [4.78, 5) is 8.31. The van der Waals surface area contributed by atoms with Crippen molar-refractivity contribution >= 4 is 5.69 Å². The number of aryl methyl sites for hydroxylation is 1. The lowest BCUT2D eigenvalue weighted by Crippen LogP contribution is -2.22. The van der Waals surface area contributed by atoms with Gasteiger partial charge in [0.1, 0.15) is 17.7 Å². The molecule has 2 rings (SSSR count). The lowest BCUT2D eigenvalue weighted by molar-refractivity contribution is 0.131. The fourth-order valence-corrected chi connectivity index (χ4v) is 1.75. The molecule has 0 saturated carbocycles. The molecule has 4 heteroatoms. The third-order valence-electron chi connectivity index (χ3n) is 2.63. The first kappa shape index (κ1) is 13.3. The highest BCUT2D eigenvalue weighted by Gasteiger charge is 2.12. The van der Waals surface area contributed by atoms with Crippen LogP contribution >= 0.6 is 0 Å². The van der Waals surface area contributed by atoms with Gasteiger partial charge in [-0.2, -0.15) is 0 Å². The molecule has 0 aliphatic heterocycles. The smallest absolute Gasteiger partial charge is 0.120 e. The summed E-state index contributed by atoms with van der Waals surface area (Å²) >= 11 is 0. The Kier molecular flexibility index (Phi) is 3.42. The third-order valence-corrected chi connectivity index (χ3v) is 2.63. The van der Waals surface area contributed by atoms with Crippen LogP contribution in [-0.4, -0.2) is 15.6 Å². The number of rotatable bonds is 2. The fraction of sp³-hybridized carbons (Fsp3) is 0.333. The second kappa shape index (κ2) is 4.88. The standard InChI is InChI=1S/C15H19N3O/c1-10-13(16)14(18-9-17-10)11-5-7-12(8-6-11)19-15(2,3)4/h5-9H,16H2,1-4H3. The quantitative estimate of drug-likeness (QED) is 0.897. The molecule has 0 unspecified atom stereocenters. The number of hydrogen-bond donors (Lipinski definition) is 1. The van der Waals surface area contributed by atoms with Gasteiger partial charge in [-0.25, -0.2) is 9.97 Å². The summed E-state index contributed by atoms with van der Waals surface area (Å²) in [6.45, 7) is 7.93. The van der Waals surface area contributed by atoms with Crippen molar-refractivity contribution in [2.24, 2.45) is 0 Å². The first-order valence-corrected chi connectivity index (χ1v) is 6.23. The number of anilines is 1. The minimum atomic E-state index is -0.202. The van der Waals surface area contributed by atoms with E-state index < -0.39 is 0 Å². The third kappa shape index (κ3) is 3.22. The van der Waals surface area contributed by atoms with E-state index in [-0.39, 0.29) is 5.60 Å². The van der Waals surface area contributed by atoms with Gasteiger partial charge >= 0.3 is 0 Å². The molecule has 1 aromatic heterocycles. The van der Waals surface area contributed by atoms with Crippen LogP contribution in [0, 0.1) is 6.92 Å². The molecule has 19 heavy (non-hydrogen) atoms. The summed E-state index contributed by atoms with van der Waals surface area (Å²) < 4.78 is 5.78. The van der Waals surface area contributed by atoms with Gasteiger partial charge in [0, 0.05) is 5.56 Å². The number of hydrogen-bond acceptors (Lipinski definition) is 4. The van der Waals surface area contributed by atoms with Crippen molar-refractivity contribution in [3.05, 3.63) is 36.3 Å². The van der Waals surface area contributed by atoms with Crippen molar-refractivity contribution in [1.29, 1.82) is 0 Å². The van der Waals surface area contributed by atoms with Gasteiger partial charge in [0.2, 0.25) is 0 Å². The maximum Gasteiger partial charge on any atom is 0.120 e. The van der Waals surface area contributed by atoms with Crippen LogP contribution in [0.15, 0.2) is 30.6 Å². The van der Waals surface area contributed by atoms with E-state index in [2.05, 4.69) is 9.97 Å². The topological polar surface area (TPSA) is 61.0 Å². The van der Waals surface area contributed by atoms with Crippen molar-refractivity contribution in [1.82, 2.24) is 9.97 Å². The van der Waals surface area contributed by atoms with E-state index in [9.17, 15) is 0 Å². The lowest BCUT2D eigenvalue weighted by atomic mass is 10.1. The van der Waals surface area contributed by atoms with Gasteiger partial charge in [-0.1, -0.05) is 0 Å². The molecule has 0 radical (unpaired) electrons. The Bertz CT molecular complexity index is 571. The van der Waals surface area contributed by atoms with Crippen LogP contribution in [0.25, 0.3) is 11.3 Å². The van der Waals surface area contributed by atoms with Crippen LogP contribution in [-0.2, 0) is 0 Å². The molecule has 0 atom stereocenters. The number of ether oxygens (including phenoxy) is 1. The predicted molar refractivity (Wildman–Crippen MR) is 77.0 cm³/mol. The van der Waals surface area contributed by atoms with Gasteiger partial charge in [-0.3, -0.25) is 0 Å². The molecular weight excluding hydrogens is 238 g/mol. The van der Waals surface area contributed by atoms with E-state index >= 15 is 0 Å². The summed E-state index contributed by atoms with van der Waals surface area (Å²) in [6, 6.07) is 7.77. The Balaban J connectivity index is 2.30. The monoisotopic (exact) mass is 257 g/mol. The summed E-state index contributed by atoms with van der Waals surface area (Å²) in [5, 5.41) is 0. The fourth-order valence-electron chi connectivity index (χ4n) is 1.75. The number of nitrogen functional groups attached to an aromatic ring is 1. The zero-order chi connectivity index (χ0) is 14.0. The Morgan fingerprint density at radius 1 is 1.05 bits per heavy atom. The first-order chi connectivity index (χ1) is 8.87. The van der Waals surface area contributed by atoms with Crippen LogP contribution in [0.4, 0.5) is 5.69 Å². The molecule has 0 aliphatic carbocycles. The average molecular weight is 257 g/mol. The normalized spacial score (nSPS) is 11.4. The molecule has 2 aromatic rings. The minimum Gasteiger partial charge on any atom is -0.488 e. The van der Waals surface area contributed by atoms with E-state index in [4.69, 9.17) is 10.5 Å². The number of nitrogens with zero attached hydrogens (tertiary/aromatic N) is 2. The van der Waals surface area contributed by atoms with E-state index in [1.165, 1.54) is 6.33 Å². The SMILES string of the molecule is Cc1ncnc(-c2ccc(OC(C)(C)C)cc2)c1N. The zero-order valence-electron chi connectivity index (χ0n) is 11.8. The first-order valence-electron chi connectivity index (χ1n) is 6.23. The molecular formula is C15H19N3O. The van der Waals surface area contributed by atoms with Gasteiger partial charge in [0.15, 0.2) is 0 Å². The maximum atomic E-state index is 6.00. The molecule has 0 fully saturated rings. The summed E-state index contributed by atoms with van der Waals surface area (Å²) in [6.07, 6.45) is 1.53. The van der Waals surface area contributed by atoms with Gasteiger partial charge in [0.25, 0.3) is 0 Å². The molecule has 100 valence electrons. The molecule has 0 spiro atoms. The van der Waals surface area contributed by atoms with Crippen molar-refractivity contribution < 1.29 is 4.74 Å². The summed E-state index contributed by atoms with van der Waals surface area (Å²) in [7, 11) is 0. The van der Waals surface area contributed by atoms with Gasteiger partial charge in [-0.05, 0) is 52.0 Å². The Morgan fingerprint density at radius 2 is 1.68 bits per heavy atom. The van der Waals surface area contributed by atoms with Crippen LogP contribution in [0.2, 0.25) is 0 Å². The van der Waals surface area contributed by atoms with E-state index in [1.807, 2.05) is 52.0 Å². The van der Waals surface area contributed by atoms with E-state index in [0.29, 0.717) is 5.69 Å². The van der Waals surface area contributed by atoms with Crippen LogP contribution in [0.3, 0.4) is 0 Å². The Morgan fingerprint density at radius 3 is 2.26 bits per heavy atom. The van der Waals surface area contributed by atoms with Gasteiger partial charge in [-0.15, -0.1) is 0 Å². The summed E-state index contributed by atoms with van der Waals surface area (Å²) in [5.74, 6) is 0.834. The lowest BCUT2D eigenvalue weighted by Gasteiger charge is -2.21. The van der Waals surface area contributed by atoms with Crippen molar-refractivity contribution in [3.8, 4) is 17.0 Å². The van der Waals surface area contributed by atoms with Crippen molar-refractivity contribution in [3.63, 3.8) is 0 Å². The van der Waals surface area contributed by atoms with E-state index in [1.54, 1.807) is 0 Å². The number of benzene rings is 1. The Labute approximate surface area is 113 Å². The highest BCUT2D eigenvalue weighted by molar-refractivity contribution is 5.73. The minimum absolute atomic E-state index is 0.202. The number of aromatic nitrogens is 2. The number of nitrogens with two attached hydrogens (primary N) is 1. The molecule has 0 amide bonds. The molecule has 4 nitrogen and oxygen atoms in total. The van der Waals surface area contributed by atoms with Crippen molar-refractivity contribution in [2.75, 3.05) is 5.73 Å². The maximum absolute atomic E-state index is 6.00. The van der Waals surface area contributed by atoms with Crippen LogP contribution in [0.1, 0.15) is 26.5 Å². The summed E-state index contributed by atoms with van der Waals surface area (Å²) in [5.41, 5.74) is 8.93. The van der Waals surface area contributed by atoms with Crippen LogP contribution in [0.5, 0.6) is 5.75 Å². The van der Waals surface area contributed by atoms with Crippen LogP contribution < -0.4 is 10.5 Å². The van der Waals surface area contributed by atoms with E-state index in [0.717, 1.165) is 22.7 Å². The second-order valence-corrected chi connectivity index (χ2v) is 5.46. The van der Waals surface area contributed by atoms with Crippen molar-refractivity contribution in [2.45, 2.75) is 33.3 Å². The highest BCUT2D eigenvalue weighted by Crippen LogP contribution is 2.27. The Hall–Kier alpha value is -2.10. The molecule has 2 N–H and O–H groups in total.